The molecule has 124 valence electrons. The first-order valence-electron chi connectivity index (χ1n) is 7.12. The van der Waals surface area contributed by atoms with E-state index in [0.29, 0.717) is 6.54 Å². The van der Waals surface area contributed by atoms with Gasteiger partial charge in [-0.1, -0.05) is 26.1 Å². The summed E-state index contributed by atoms with van der Waals surface area (Å²) in [5.41, 5.74) is 0. The lowest BCUT2D eigenvalue weighted by Crippen LogP contribution is -2.59. The van der Waals surface area contributed by atoms with Crippen LogP contribution < -0.4 is 5.32 Å². The lowest BCUT2D eigenvalue weighted by molar-refractivity contribution is -0.300. The van der Waals surface area contributed by atoms with Crippen molar-refractivity contribution < 1.29 is 29.9 Å². The van der Waals surface area contributed by atoms with Crippen LogP contribution in [0.25, 0.3) is 0 Å². The van der Waals surface area contributed by atoms with E-state index in [2.05, 4.69) is 5.32 Å². The third-order valence-corrected chi connectivity index (χ3v) is 4.14. The van der Waals surface area contributed by atoms with E-state index >= 15 is 0 Å². The Morgan fingerprint density at radius 1 is 1.29 bits per heavy atom. The molecule has 1 aliphatic rings. The van der Waals surface area contributed by atoms with Crippen LogP contribution in [0, 0.1) is 5.92 Å². The van der Waals surface area contributed by atoms with E-state index in [1.807, 2.05) is 13.8 Å². The van der Waals surface area contributed by atoms with Gasteiger partial charge < -0.3 is 35.2 Å². The molecule has 1 rings (SSSR count). The van der Waals surface area contributed by atoms with Crippen molar-refractivity contribution in [3.05, 3.63) is 0 Å². The van der Waals surface area contributed by atoms with Crippen molar-refractivity contribution in [2.75, 3.05) is 19.8 Å². The van der Waals surface area contributed by atoms with Crippen molar-refractivity contribution in [1.82, 2.24) is 5.32 Å². The van der Waals surface area contributed by atoms with Gasteiger partial charge in [0.15, 0.2) is 6.29 Å². The molecule has 0 bridgehead atoms. The van der Waals surface area contributed by atoms with Gasteiger partial charge in [-0.3, -0.25) is 0 Å². The normalized spacial score (nSPS) is 34.5. The zero-order chi connectivity index (χ0) is 16.0. The number of hydrogen-bond donors (Lipinski definition) is 5. The summed E-state index contributed by atoms with van der Waals surface area (Å²) in [4.78, 5) is 0.745. The Morgan fingerprint density at radius 3 is 2.52 bits per heavy atom. The molecule has 1 heterocycles. The number of ether oxygens (including phenoxy) is 2. The lowest BCUT2D eigenvalue weighted by Gasteiger charge is -2.39. The van der Waals surface area contributed by atoms with Crippen LogP contribution in [0.2, 0.25) is 0 Å². The highest BCUT2D eigenvalue weighted by molar-refractivity contribution is 7.80. The maximum Gasteiger partial charge on any atom is 0.186 e. The van der Waals surface area contributed by atoms with Gasteiger partial charge in [-0.25, -0.2) is 0 Å². The second-order valence-electron chi connectivity index (χ2n) is 5.17. The summed E-state index contributed by atoms with van der Waals surface area (Å²) in [6, 6.07) is 0. The van der Waals surface area contributed by atoms with Crippen LogP contribution in [-0.4, -0.2) is 75.9 Å². The second-order valence-corrected chi connectivity index (χ2v) is 5.61. The number of aliphatic hydroxyl groups is 4. The minimum atomic E-state index is -1.42. The molecule has 4 unspecified atom stereocenters. The molecule has 0 radical (unpaired) electrons. The summed E-state index contributed by atoms with van der Waals surface area (Å²) < 4.78 is 10.5. The van der Waals surface area contributed by atoms with Crippen molar-refractivity contribution in [2.45, 2.75) is 51.0 Å². The van der Waals surface area contributed by atoms with E-state index < -0.39 is 37.3 Å². The minimum absolute atomic E-state index is 0.208. The number of aliphatic hydroxyl groups excluding tert-OH is 4. The fourth-order valence-corrected chi connectivity index (χ4v) is 2.18. The van der Waals surface area contributed by atoms with Gasteiger partial charge in [-0.05, 0) is 6.42 Å². The predicted molar refractivity (Wildman–Crippen MR) is 79.8 cm³/mol. The highest BCUT2D eigenvalue weighted by atomic mass is 32.1. The molecule has 0 saturated carbocycles. The largest absolute Gasteiger partial charge is 0.394 e. The summed E-state index contributed by atoms with van der Waals surface area (Å²) in [6.07, 6.45) is -5.28. The summed E-state index contributed by atoms with van der Waals surface area (Å²) >= 11 is 5.19. The standard InChI is InChI=1S/C13H25NO6S/c1-3-7(2)12(21)14-4-5-19-13-11(18)10(17)9(16)8(6-15)20-13/h7-11,13,15-18H,3-6H2,1-2H3,(H,14,21)/t7?,8?,9-,10?,11?,13+/m1/s1. The van der Waals surface area contributed by atoms with E-state index in [1.54, 1.807) is 0 Å². The first kappa shape index (κ1) is 18.7. The van der Waals surface area contributed by atoms with Crippen LogP contribution in [0.15, 0.2) is 0 Å². The van der Waals surface area contributed by atoms with Gasteiger partial charge in [0.1, 0.15) is 24.4 Å². The topological polar surface area (TPSA) is 111 Å². The van der Waals surface area contributed by atoms with E-state index in [9.17, 15) is 15.3 Å². The molecule has 8 heteroatoms. The zero-order valence-electron chi connectivity index (χ0n) is 12.3. The molecule has 5 N–H and O–H groups in total. The first-order valence-corrected chi connectivity index (χ1v) is 7.53. The third-order valence-electron chi connectivity index (χ3n) is 3.59. The highest BCUT2D eigenvalue weighted by Crippen LogP contribution is 2.21. The molecule has 0 aromatic heterocycles. The third kappa shape index (κ3) is 5.10. The molecule has 7 nitrogen and oxygen atoms in total. The predicted octanol–water partition coefficient (Wildman–Crippen LogP) is -1.23. The fraction of sp³-hybridized carbons (Fsp3) is 0.923. The molecule has 0 aromatic rings. The van der Waals surface area contributed by atoms with Crippen molar-refractivity contribution >= 4 is 17.2 Å². The monoisotopic (exact) mass is 323 g/mol. The number of hydrogen-bond acceptors (Lipinski definition) is 7. The summed E-state index contributed by atoms with van der Waals surface area (Å²) in [6.45, 7) is 4.25. The molecule has 0 spiro atoms. The molecule has 6 atom stereocenters. The van der Waals surface area contributed by atoms with Crippen molar-refractivity contribution in [3.8, 4) is 0 Å². The second kappa shape index (κ2) is 8.94. The molecule has 0 aromatic carbocycles. The number of thiocarbonyl (C=S) groups is 1. The molecular weight excluding hydrogens is 298 g/mol. The lowest BCUT2D eigenvalue weighted by atomic mass is 9.99. The Morgan fingerprint density at radius 2 is 1.95 bits per heavy atom. The molecule has 1 saturated heterocycles. The fourth-order valence-electron chi connectivity index (χ4n) is 1.91. The summed E-state index contributed by atoms with van der Waals surface area (Å²) in [7, 11) is 0. The Balaban J connectivity index is 2.35. The van der Waals surface area contributed by atoms with Gasteiger partial charge in [-0.2, -0.15) is 0 Å². The van der Waals surface area contributed by atoms with E-state index in [4.69, 9.17) is 26.8 Å². The number of nitrogens with one attached hydrogen (secondary N) is 1. The SMILES string of the molecule is CCC(C)C(=S)NCCO[C@H]1OC(CO)[C@@H](O)C(O)C1O. The van der Waals surface area contributed by atoms with Gasteiger partial charge in [0.25, 0.3) is 0 Å². The van der Waals surface area contributed by atoms with Crippen LogP contribution >= 0.6 is 12.2 Å². The van der Waals surface area contributed by atoms with Crippen molar-refractivity contribution in [3.63, 3.8) is 0 Å². The van der Waals surface area contributed by atoms with Crippen LogP contribution in [0.5, 0.6) is 0 Å². The van der Waals surface area contributed by atoms with Crippen LogP contribution in [-0.2, 0) is 9.47 Å². The maximum atomic E-state index is 9.77. The van der Waals surface area contributed by atoms with E-state index in [0.717, 1.165) is 11.4 Å². The Kier molecular flexibility index (Phi) is 7.96. The Labute approximate surface area is 129 Å². The van der Waals surface area contributed by atoms with Gasteiger partial charge in [-0.15, -0.1) is 0 Å². The minimum Gasteiger partial charge on any atom is -0.394 e. The van der Waals surface area contributed by atoms with Gasteiger partial charge >= 0.3 is 0 Å². The van der Waals surface area contributed by atoms with Gasteiger partial charge in [0.2, 0.25) is 0 Å². The molecule has 1 aliphatic heterocycles. The molecule has 21 heavy (non-hydrogen) atoms. The molecular formula is C13H25NO6S. The summed E-state index contributed by atoms with van der Waals surface area (Å²) in [5.74, 6) is 0.284. The maximum absolute atomic E-state index is 9.77. The summed E-state index contributed by atoms with van der Waals surface area (Å²) in [5, 5.41) is 41.1. The smallest absolute Gasteiger partial charge is 0.186 e. The van der Waals surface area contributed by atoms with Crippen LogP contribution in [0.4, 0.5) is 0 Å². The average molecular weight is 323 g/mol. The molecule has 1 fully saturated rings. The molecule has 0 amide bonds. The quantitative estimate of drug-likeness (QED) is 0.292. The van der Waals surface area contributed by atoms with Crippen LogP contribution in [0.1, 0.15) is 20.3 Å². The average Bonchev–Trinajstić information content (AvgIpc) is 2.49. The zero-order valence-corrected chi connectivity index (χ0v) is 13.1. The van der Waals surface area contributed by atoms with E-state index in [1.165, 1.54) is 0 Å². The highest BCUT2D eigenvalue weighted by Gasteiger charge is 2.43. The van der Waals surface area contributed by atoms with Gasteiger partial charge in [0, 0.05) is 12.5 Å². The van der Waals surface area contributed by atoms with Crippen molar-refractivity contribution in [1.29, 1.82) is 0 Å². The molecule has 0 aliphatic carbocycles. The first-order chi connectivity index (χ1) is 9.92. The Hall–Kier alpha value is -0.350. The Bertz CT molecular complexity index is 330. The van der Waals surface area contributed by atoms with Gasteiger partial charge in [0.05, 0.1) is 18.2 Å². The van der Waals surface area contributed by atoms with Crippen LogP contribution in [0.3, 0.4) is 0 Å². The van der Waals surface area contributed by atoms with Crippen molar-refractivity contribution in [2.24, 2.45) is 5.92 Å². The number of rotatable bonds is 7. The van der Waals surface area contributed by atoms with E-state index in [-0.39, 0.29) is 12.5 Å².